The maximum absolute atomic E-state index is 12.1. The molecule has 2 aromatic carbocycles. The summed E-state index contributed by atoms with van der Waals surface area (Å²) >= 11 is 0. The second-order valence-electron chi connectivity index (χ2n) is 4.59. The largest absolute Gasteiger partial charge is 0.496 e. The van der Waals surface area contributed by atoms with E-state index in [-0.39, 0.29) is 5.78 Å². The minimum Gasteiger partial charge on any atom is -0.496 e. The molecule has 0 fully saturated rings. The number of methoxy groups -OCH3 is 1. The molecule has 19 heavy (non-hydrogen) atoms. The molecule has 0 radical (unpaired) electrons. The second kappa shape index (κ2) is 6.19. The van der Waals surface area contributed by atoms with Crippen molar-refractivity contribution in [3.8, 4) is 5.75 Å². The summed E-state index contributed by atoms with van der Waals surface area (Å²) in [5, 5.41) is 0. The summed E-state index contributed by atoms with van der Waals surface area (Å²) in [6, 6.07) is 15.7. The van der Waals surface area contributed by atoms with Crippen LogP contribution in [0.25, 0.3) is 0 Å². The predicted octanol–water partition coefficient (Wildman–Crippen LogP) is 3.82. The van der Waals surface area contributed by atoms with E-state index in [4.69, 9.17) is 4.74 Å². The number of rotatable bonds is 5. The highest BCUT2D eigenvalue weighted by Gasteiger charge is 2.08. The van der Waals surface area contributed by atoms with Gasteiger partial charge in [0.05, 0.1) is 7.11 Å². The predicted molar refractivity (Wildman–Crippen MR) is 76.8 cm³/mol. The summed E-state index contributed by atoms with van der Waals surface area (Å²) in [5.74, 6) is 0.924. The van der Waals surface area contributed by atoms with Crippen LogP contribution in [0, 0.1) is 6.92 Å². The second-order valence-corrected chi connectivity index (χ2v) is 4.59. The van der Waals surface area contributed by atoms with E-state index in [1.54, 1.807) is 7.11 Å². The number of aryl methyl sites for hydroxylation is 2. The maximum atomic E-state index is 12.1. The smallest absolute Gasteiger partial charge is 0.163 e. The fourth-order valence-corrected chi connectivity index (χ4v) is 2.04. The van der Waals surface area contributed by atoms with E-state index in [0.29, 0.717) is 6.42 Å². The van der Waals surface area contributed by atoms with Crippen molar-refractivity contribution in [1.29, 1.82) is 0 Å². The van der Waals surface area contributed by atoms with Gasteiger partial charge in [0.25, 0.3) is 0 Å². The third kappa shape index (κ3) is 3.44. The molecule has 0 saturated carbocycles. The molecule has 0 unspecified atom stereocenters. The van der Waals surface area contributed by atoms with Crippen molar-refractivity contribution in [2.45, 2.75) is 19.8 Å². The first-order valence-electron chi connectivity index (χ1n) is 6.42. The third-order valence-electron chi connectivity index (χ3n) is 3.21. The van der Waals surface area contributed by atoms with Crippen molar-refractivity contribution in [2.24, 2.45) is 0 Å². The fourth-order valence-electron chi connectivity index (χ4n) is 2.04. The Kier molecular flexibility index (Phi) is 4.35. The summed E-state index contributed by atoms with van der Waals surface area (Å²) in [6.07, 6.45) is 1.30. The zero-order chi connectivity index (χ0) is 13.7. The Labute approximate surface area is 114 Å². The lowest BCUT2D eigenvalue weighted by molar-refractivity contribution is 0.0982. The normalized spacial score (nSPS) is 10.2. The van der Waals surface area contributed by atoms with Gasteiger partial charge < -0.3 is 4.74 Å². The summed E-state index contributed by atoms with van der Waals surface area (Å²) < 4.78 is 5.25. The van der Waals surface area contributed by atoms with Crippen LogP contribution in [0.5, 0.6) is 5.75 Å². The van der Waals surface area contributed by atoms with Crippen LogP contribution in [-0.4, -0.2) is 12.9 Å². The average molecular weight is 254 g/mol. The molecule has 0 bridgehead atoms. The first-order valence-corrected chi connectivity index (χ1v) is 6.42. The molecule has 0 aliphatic heterocycles. The lowest BCUT2D eigenvalue weighted by atomic mass is 10.0. The van der Waals surface area contributed by atoms with Gasteiger partial charge >= 0.3 is 0 Å². The number of hydrogen-bond donors (Lipinski definition) is 0. The highest BCUT2D eigenvalue weighted by Crippen LogP contribution is 2.20. The molecule has 98 valence electrons. The van der Waals surface area contributed by atoms with Gasteiger partial charge in [0, 0.05) is 12.0 Å². The zero-order valence-electron chi connectivity index (χ0n) is 11.3. The molecule has 0 heterocycles. The molecule has 0 atom stereocenters. The summed E-state index contributed by atoms with van der Waals surface area (Å²) in [7, 11) is 1.63. The van der Waals surface area contributed by atoms with Gasteiger partial charge in [-0.25, -0.2) is 0 Å². The van der Waals surface area contributed by atoms with Crippen molar-refractivity contribution in [3.63, 3.8) is 0 Å². The standard InChI is InChI=1S/C17H18O2/c1-13-8-10-15(12-17(13)19-2)16(18)11-9-14-6-4-3-5-7-14/h3-8,10,12H,9,11H2,1-2H3. The lowest BCUT2D eigenvalue weighted by Crippen LogP contribution is -2.02. The molecule has 0 aromatic heterocycles. The minimum absolute atomic E-state index is 0.155. The van der Waals surface area contributed by atoms with E-state index in [0.717, 1.165) is 23.3 Å². The quantitative estimate of drug-likeness (QED) is 0.758. The number of ether oxygens (including phenoxy) is 1. The fraction of sp³-hybridized carbons (Fsp3) is 0.235. The first-order chi connectivity index (χ1) is 9.20. The number of carbonyl (C=O) groups is 1. The van der Waals surface area contributed by atoms with Crippen molar-refractivity contribution in [2.75, 3.05) is 7.11 Å². The SMILES string of the molecule is COc1cc(C(=O)CCc2ccccc2)ccc1C. The van der Waals surface area contributed by atoms with Gasteiger partial charge in [-0.3, -0.25) is 4.79 Å². The molecule has 2 aromatic rings. The van der Waals surface area contributed by atoms with Crippen LogP contribution >= 0.6 is 0 Å². The minimum atomic E-state index is 0.155. The Morgan fingerprint density at radius 2 is 1.84 bits per heavy atom. The van der Waals surface area contributed by atoms with Gasteiger partial charge in [-0.2, -0.15) is 0 Å². The van der Waals surface area contributed by atoms with Gasteiger partial charge in [0.15, 0.2) is 5.78 Å². The van der Waals surface area contributed by atoms with E-state index >= 15 is 0 Å². The van der Waals surface area contributed by atoms with Gasteiger partial charge in [-0.1, -0.05) is 42.5 Å². The molecule has 0 saturated heterocycles. The van der Waals surface area contributed by atoms with Crippen molar-refractivity contribution >= 4 is 5.78 Å². The highest BCUT2D eigenvalue weighted by atomic mass is 16.5. The van der Waals surface area contributed by atoms with Crippen LogP contribution in [0.2, 0.25) is 0 Å². The molecule has 0 amide bonds. The van der Waals surface area contributed by atoms with Crippen molar-refractivity contribution in [1.82, 2.24) is 0 Å². The molecule has 0 N–H and O–H groups in total. The van der Waals surface area contributed by atoms with Crippen molar-refractivity contribution < 1.29 is 9.53 Å². The molecule has 0 aliphatic rings. The van der Waals surface area contributed by atoms with Crippen molar-refractivity contribution in [3.05, 3.63) is 65.2 Å². The Morgan fingerprint density at radius 1 is 1.11 bits per heavy atom. The van der Waals surface area contributed by atoms with Crippen LogP contribution < -0.4 is 4.74 Å². The van der Waals surface area contributed by atoms with E-state index in [2.05, 4.69) is 0 Å². The van der Waals surface area contributed by atoms with Gasteiger partial charge in [-0.05, 0) is 30.5 Å². The number of hydrogen-bond acceptors (Lipinski definition) is 2. The van der Waals surface area contributed by atoms with Gasteiger partial charge in [-0.15, -0.1) is 0 Å². The molecule has 0 spiro atoms. The molecular formula is C17H18O2. The van der Waals surface area contributed by atoms with E-state index in [9.17, 15) is 4.79 Å². The summed E-state index contributed by atoms with van der Waals surface area (Å²) in [4.78, 5) is 12.1. The molecular weight excluding hydrogens is 236 g/mol. The number of benzene rings is 2. The Morgan fingerprint density at radius 3 is 2.53 bits per heavy atom. The Hall–Kier alpha value is -2.09. The van der Waals surface area contributed by atoms with Crippen LogP contribution in [0.4, 0.5) is 0 Å². The lowest BCUT2D eigenvalue weighted by Gasteiger charge is -2.07. The number of carbonyl (C=O) groups excluding carboxylic acids is 1. The molecule has 0 aliphatic carbocycles. The Bertz CT molecular complexity index is 559. The first kappa shape index (κ1) is 13.3. The average Bonchev–Trinajstić information content (AvgIpc) is 2.46. The van der Waals surface area contributed by atoms with Crippen LogP contribution in [0.3, 0.4) is 0 Å². The van der Waals surface area contributed by atoms with E-state index < -0.39 is 0 Å². The molecule has 2 nitrogen and oxygen atoms in total. The number of ketones is 1. The molecule has 2 heteroatoms. The Balaban J connectivity index is 2.04. The van der Waals surface area contributed by atoms with E-state index in [1.165, 1.54) is 5.56 Å². The topological polar surface area (TPSA) is 26.3 Å². The van der Waals surface area contributed by atoms with Gasteiger partial charge in [0.2, 0.25) is 0 Å². The van der Waals surface area contributed by atoms with Crippen LogP contribution in [0.1, 0.15) is 27.9 Å². The van der Waals surface area contributed by atoms with E-state index in [1.807, 2.05) is 55.5 Å². The molecule has 2 rings (SSSR count). The zero-order valence-corrected chi connectivity index (χ0v) is 11.3. The van der Waals surface area contributed by atoms with Crippen LogP contribution in [-0.2, 0) is 6.42 Å². The maximum Gasteiger partial charge on any atom is 0.163 e. The number of Topliss-reactive ketones (excluding diaryl/α,β-unsaturated/α-hetero) is 1. The monoisotopic (exact) mass is 254 g/mol. The third-order valence-corrected chi connectivity index (χ3v) is 3.21. The summed E-state index contributed by atoms with van der Waals surface area (Å²) in [6.45, 7) is 1.97. The highest BCUT2D eigenvalue weighted by molar-refractivity contribution is 5.96. The van der Waals surface area contributed by atoms with Gasteiger partial charge in [0.1, 0.15) is 5.75 Å². The summed E-state index contributed by atoms with van der Waals surface area (Å²) in [5.41, 5.74) is 2.95. The van der Waals surface area contributed by atoms with Crippen LogP contribution in [0.15, 0.2) is 48.5 Å².